The van der Waals surface area contributed by atoms with E-state index in [4.69, 9.17) is 0 Å². The van der Waals surface area contributed by atoms with E-state index in [9.17, 15) is 8.42 Å². The van der Waals surface area contributed by atoms with Crippen LogP contribution in [0.2, 0.25) is 0 Å². The molecule has 0 unspecified atom stereocenters. The van der Waals surface area contributed by atoms with E-state index in [1.165, 1.54) is 29.8 Å². The molecule has 0 bridgehead atoms. The van der Waals surface area contributed by atoms with E-state index < -0.39 is 10.0 Å². The summed E-state index contributed by atoms with van der Waals surface area (Å²) in [5.41, 5.74) is 1.24. The van der Waals surface area contributed by atoms with Gasteiger partial charge in [0.1, 0.15) is 0 Å². The predicted octanol–water partition coefficient (Wildman–Crippen LogP) is 2.02. The predicted molar refractivity (Wildman–Crippen MR) is 74.2 cm³/mol. The van der Waals surface area contributed by atoms with Gasteiger partial charge in [-0.15, -0.1) is 11.3 Å². The fourth-order valence-corrected chi connectivity index (χ4v) is 3.71. The van der Waals surface area contributed by atoms with E-state index in [1.54, 1.807) is 11.3 Å². The number of hydrogen-bond acceptors (Lipinski definition) is 4. The van der Waals surface area contributed by atoms with Crippen LogP contribution in [-0.4, -0.2) is 19.9 Å². The summed E-state index contributed by atoms with van der Waals surface area (Å²) < 4.78 is 24.8. The lowest BCUT2D eigenvalue weighted by Crippen LogP contribution is -2.23. The van der Waals surface area contributed by atoms with Crippen LogP contribution in [-0.2, 0) is 29.3 Å². The van der Waals surface area contributed by atoms with Crippen molar-refractivity contribution in [1.82, 2.24) is 9.71 Å². The van der Waals surface area contributed by atoms with Crippen LogP contribution in [0.4, 0.5) is 0 Å². The number of sulfonamides is 1. The smallest absolute Gasteiger partial charge is 0.233 e. The fourth-order valence-electron chi connectivity index (χ4n) is 2.05. The van der Waals surface area contributed by atoms with Crippen molar-refractivity contribution in [1.29, 1.82) is 0 Å². The summed E-state index contributed by atoms with van der Waals surface area (Å²) in [6, 6.07) is 0. The number of nitrogens with one attached hydrogen (secondary N) is 1. The summed E-state index contributed by atoms with van der Waals surface area (Å²) in [4.78, 5) is 6.01. The number of fused-ring (bicyclic) bond motifs is 1. The molecule has 0 radical (unpaired) electrons. The molecule has 0 spiro atoms. The zero-order valence-corrected chi connectivity index (χ0v) is 11.9. The Morgan fingerprint density at radius 2 is 2.11 bits per heavy atom. The van der Waals surface area contributed by atoms with Crippen molar-refractivity contribution in [3.05, 3.63) is 27.6 Å². The van der Waals surface area contributed by atoms with Gasteiger partial charge in [-0.2, -0.15) is 0 Å². The molecule has 4 nitrogen and oxygen atoms in total. The molecular weight excluding hydrogens is 268 g/mol. The molecule has 2 rings (SSSR count). The van der Waals surface area contributed by atoms with E-state index in [1.807, 2.05) is 0 Å². The molecule has 1 aromatic rings. The Hall–Kier alpha value is -0.720. The zero-order chi connectivity index (χ0) is 13.0. The molecule has 6 heteroatoms. The molecule has 100 valence electrons. The second-order valence-corrected chi connectivity index (χ2v) is 7.27. The highest BCUT2D eigenvalue weighted by atomic mass is 32.2. The fraction of sp³-hybridized carbons (Fsp3) is 0.583. The molecule has 1 aliphatic carbocycles. The Labute approximate surface area is 112 Å². The number of aryl methyl sites for hydroxylation is 2. The van der Waals surface area contributed by atoms with Crippen LogP contribution in [0.5, 0.6) is 0 Å². The summed E-state index contributed by atoms with van der Waals surface area (Å²) in [5.74, 6) is 0. The topological polar surface area (TPSA) is 59.1 Å². The lowest BCUT2D eigenvalue weighted by Gasteiger charge is -1.99. The Balaban J connectivity index is 1.93. The van der Waals surface area contributed by atoms with Crippen LogP contribution in [0.3, 0.4) is 0 Å². The lowest BCUT2D eigenvalue weighted by molar-refractivity contribution is 0.591. The summed E-state index contributed by atoms with van der Waals surface area (Å²) in [5, 5.41) is 1.97. The van der Waals surface area contributed by atoms with E-state index in [0.29, 0.717) is 13.0 Å². The van der Waals surface area contributed by atoms with Gasteiger partial charge in [-0.1, -0.05) is 13.0 Å². The van der Waals surface area contributed by atoms with E-state index in [2.05, 4.69) is 16.3 Å². The maximum atomic E-state index is 11.2. The standard InChI is InChI=1S/C12H18N2O2S2/c1-2-18(15,16)13-9-8-12-14-10-6-4-3-5-7-11(10)17-12/h2,13H,1,3-9H2. The van der Waals surface area contributed by atoms with Gasteiger partial charge in [-0.3, -0.25) is 0 Å². The lowest BCUT2D eigenvalue weighted by atomic mass is 10.2. The van der Waals surface area contributed by atoms with E-state index in [-0.39, 0.29) is 0 Å². The molecule has 0 amide bonds. The molecule has 0 aliphatic heterocycles. The third-order valence-electron chi connectivity index (χ3n) is 3.00. The summed E-state index contributed by atoms with van der Waals surface area (Å²) >= 11 is 1.74. The van der Waals surface area contributed by atoms with Gasteiger partial charge in [-0.05, 0) is 25.7 Å². The van der Waals surface area contributed by atoms with Crippen LogP contribution >= 0.6 is 11.3 Å². The van der Waals surface area contributed by atoms with Crippen molar-refractivity contribution >= 4 is 21.4 Å². The number of rotatable bonds is 5. The molecule has 1 N–H and O–H groups in total. The van der Waals surface area contributed by atoms with Gasteiger partial charge in [0.2, 0.25) is 10.0 Å². The van der Waals surface area contributed by atoms with Crippen LogP contribution in [0.15, 0.2) is 12.0 Å². The molecule has 0 aromatic carbocycles. The van der Waals surface area contributed by atoms with Gasteiger partial charge >= 0.3 is 0 Å². The molecule has 18 heavy (non-hydrogen) atoms. The SMILES string of the molecule is C=CS(=O)(=O)NCCc1nc2c(s1)CCCCC2. The first-order chi connectivity index (χ1) is 8.61. The van der Waals surface area contributed by atoms with Crippen molar-refractivity contribution in [3.63, 3.8) is 0 Å². The Bertz CT molecular complexity index is 497. The Morgan fingerprint density at radius 3 is 2.89 bits per heavy atom. The van der Waals surface area contributed by atoms with Gasteiger partial charge in [0.25, 0.3) is 0 Å². The first-order valence-corrected chi connectivity index (χ1v) is 8.56. The maximum Gasteiger partial charge on any atom is 0.233 e. The molecule has 0 atom stereocenters. The monoisotopic (exact) mass is 286 g/mol. The number of nitrogens with zero attached hydrogens (tertiary/aromatic N) is 1. The second-order valence-electron chi connectivity index (χ2n) is 4.39. The van der Waals surface area contributed by atoms with Crippen molar-refractivity contribution in [2.75, 3.05) is 6.54 Å². The minimum absolute atomic E-state index is 0.390. The van der Waals surface area contributed by atoms with E-state index in [0.717, 1.165) is 23.3 Å². The molecule has 1 aromatic heterocycles. The summed E-state index contributed by atoms with van der Waals surface area (Å²) in [7, 11) is -3.31. The van der Waals surface area contributed by atoms with Crippen LogP contribution in [0, 0.1) is 0 Å². The molecule has 0 fully saturated rings. The maximum absolute atomic E-state index is 11.2. The minimum atomic E-state index is -3.31. The van der Waals surface area contributed by atoms with Gasteiger partial charge in [0.15, 0.2) is 0 Å². The Kier molecular flexibility index (Phi) is 4.53. The van der Waals surface area contributed by atoms with Gasteiger partial charge in [0, 0.05) is 23.3 Å². The van der Waals surface area contributed by atoms with Gasteiger partial charge in [-0.25, -0.2) is 18.1 Å². The first kappa shape index (κ1) is 13.7. The van der Waals surface area contributed by atoms with Crippen LogP contribution in [0.1, 0.15) is 34.8 Å². The highest BCUT2D eigenvalue weighted by molar-refractivity contribution is 7.92. The van der Waals surface area contributed by atoms with Crippen molar-refractivity contribution in [2.45, 2.75) is 38.5 Å². The quantitative estimate of drug-likeness (QED) is 0.842. The van der Waals surface area contributed by atoms with Crippen molar-refractivity contribution < 1.29 is 8.42 Å². The third kappa shape index (κ3) is 3.63. The largest absolute Gasteiger partial charge is 0.246 e. The van der Waals surface area contributed by atoms with E-state index >= 15 is 0 Å². The Morgan fingerprint density at radius 1 is 1.33 bits per heavy atom. The van der Waals surface area contributed by atoms with Gasteiger partial charge in [0.05, 0.1) is 10.7 Å². The highest BCUT2D eigenvalue weighted by Crippen LogP contribution is 2.26. The van der Waals surface area contributed by atoms with Gasteiger partial charge < -0.3 is 0 Å². The molecule has 1 aliphatic rings. The summed E-state index contributed by atoms with van der Waals surface area (Å²) in [6.07, 6.45) is 6.62. The average molecular weight is 286 g/mol. The second kappa shape index (κ2) is 5.95. The summed E-state index contributed by atoms with van der Waals surface area (Å²) in [6.45, 7) is 3.65. The van der Waals surface area contributed by atoms with Crippen molar-refractivity contribution in [2.24, 2.45) is 0 Å². The van der Waals surface area contributed by atoms with Crippen LogP contribution in [0.25, 0.3) is 0 Å². The molecule has 0 saturated heterocycles. The van der Waals surface area contributed by atoms with Crippen LogP contribution < -0.4 is 4.72 Å². The number of thiazole rings is 1. The zero-order valence-electron chi connectivity index (χ0n) is 10.3. The van der Waals surface area contributed by atoms with Crippen molar-refractivity contribution in [3.8, 4) is 0 Å². The average Bonchev–Trinajstić information content (AvgIpc) is 2.59. The molecular formula is C12H18N2O2S2. The number of aromatic nitrogens is 1. The highest BCUT2D eigenvalue weighted by Gasteiger charge is 2.14. The molecule has 1 heterocycles. The third-order valence-corrected chi connectivity index (χ3v) is 5.26. The number of hydrogen-bond donors (Lipinski definition) is 1. The minimum Gasteiger partial charge on any atom is -0.246 e. The first-order valence-electron chi connectivity index (χ1n) is 6.20. The normalized spacial score (nSPS) is 16.0. The molecule has 0 saturated carbocycles.